The Labute approximate surface area is 191 Å². The van der Waals surface area contributed by atoms with Crippen molar-refractivity contribution in [2.24, 2.45) is 5.10 Å². The lowest BCUT2D eigenvalue weighted by atomic mass is 10.2. The monoisotopic (exact) mass is 478 g/mol. The summed E-state index contributed by atoms with van der Waals surface area (Å²) in [6.07, 6.45) is 1.39. The van der Waals surface area contributed by atoms with Gasteiger partial charge in [-0.15, -0.1) is 0 Å². The second-order valence-electron chi connectivity index (χ2n) is 6.33. The van der Waals surface area contributed by atoms with Crippen LogP contribution < -0.4 is 14.3 Å². The molecule has 0 fully saturated rings. The van der Waals surface area contributed by atoms with Crippen molar-refractivity contribution in [3.63, 3.8) is 0 Å². The van der Waals surface area contributed by atoms with Gasteiger partial charge >= 0.3 is 0 Å². The Hall–Kier alpha value is -2.74. The first-order valence-corrected chi connectivity index (χ1v) is 11.6. The lowest BCUT2D eigenvalue weighted by Gasteiger charge is -2.13. The fourth-order valence-electron chi connectivity index (χ4n) is 2.61. The van der Waals surface area contributed by atoms with E-state index < -0.39 is 10.0 Å². The van der Waals surface area contributed by atoms with E-state index in [4.69, 9.17) is 32.7 Å². The van der Waals surface area contributed by atoms with Crippen LogP contribution in [0.4, 0.5) is 0 Å². The first kappa shape index (κ1) is 22.9. The molecular formula is C22H20Cl2N2O4S. The molecule has 162 valence electrons. The van der Waals surface area contributed by atoms with Gasteiger partial charge in [-0.3, -0.25) is 0 Å². The number of rotatable bonds is 9. The first-order valence-electron chi connectivity index (χ1n) is 9.32. The number of hydrazone groups is 1. The van der Waals surface area contributed by atoms with E-state index in [2.05, 4.69) is 9.93 Å². The smallest absolute Gasteiger partial charge is 0.276 e. The van der Waals surface area contributed by atoms with E-state index in [1.165, 1.54) is 18.3 Å². The van der Waals surface area contributed by atoms with Gasteiger partial charge in [0.25, 0.3) is 10.0 Å². The van der Waals surface area contributed by atoms with Crippen molar-refractivity contribution in [2.75, 3.05) is 6.61 Å². The van der Waals surface area contributed by atoms with Crippen LogP contribution in [0.2, 0.25) is 10.0 Å². The summed E-state index contributed by atoms with van der Waals surface area (Å²) in [5.41, 5.74) is 1.42. The molecule has 0 amide bonds. The molecule has 0 aliphatic rings. The molecule has 0 saturated heterocycles. The number of sulfonamides is 1. The van der Waals surface area contributed by atoms with Gasteiger partial charge in [0.05, 0.1) is 17.7 Å². The van der Waals surface area contributed by atoms with Gasteiger partial charge in [-0.1, -0.05) is 47.5 Å². The number of benzene rings is 3. The van der Waals surface area contributed by atoms with Gasteiger partial charge in [-0.25, -0.2) is 4.83 Å². The second-order valence-corrected chi connectivity index (χ2v) is 8.83. The predicted octanol–water partition coefficient (Wildman–Crippen LogP) is 5.28. The Balaban J connectivity index is 1.71. The van der Waals surface area contributed by atoms with Crippen LogP contribution in [0.5, 0.6) is 11.5 Å². The van der Waals surface area contributed by atoms with Crippen LogP contribution in [-0.2, 0) is 16.6 Å². The van der Waals surface area contributed by atoms with Crippen molar-refractivity contribution in [1.29, 1.82) is 0 Å². The molecule has 3 aromatic rings. The molecule has 0 aromatic heterocycles. The van der Waals surface area contributed by atoms with Crippen molar-refractivity contribution < 1.29 is 17.9 Å². The number of ether oxygens (including phenoxy) is 2. The average Bonchev–Trinajstić information content (AvgIpc) is 2.75. The van der Waals surface area contributed by atoms with E-state index in [0.29, 0.717) is 33.7 Å². The molecule has 1 N–H and O–H groups in total. The number of hydrogen-bond donors (Lipinski definition) is 1. The van der Waals surface area contributed by atoms with Crippen molar-refractivity contribution in [2.45, 2.75) is 18.4 Å². The Morgan fingerprint density at radius 1 is 0.968 bits per heavy atom. The van der Waals surface area contributed by atoms with Gasteiger partial charge in [0.15, 0.2) is 11.5 Å². The van der Waals surface area contributed by atoms with Crippen molar-refractivity contribution >= 4 is 39.4 Å². The van der Waals surface area contributed by atoms with Gasteiger partial charge in [-0.05, 0) is 55.0 Å². The molecule has 0 unspecified atom stereocenters. The van der Waals surface area contributed by atoms with E-state index in [0.717, 1.165) is 5.56 Å². The molecule has 3 aromatic carbocycles. The average molecular weight is 479 g/mol. The number of hydrogen-bond acceptors (Lipinski definition) is 5. The van der Waals surface area contributed by atoms with E-state index in [-0.39, 0.29) is 11.5 Å². The molecule has 0 saturated carbocycles. The summed E-state index contributed by atoms with van der Waals surface area (Å²) in [7, 11) is -3.73. The molecular weight excluding hydrogens is 459 g/mol. The summed E-state index contributed by atoms with van der Waals surface area (Å²) in [6.45, 7) is 2.52. The van der Waals surface area contributed by atoms with Crippen LogP contribution >= 0.6 is 23.2 Å². The molecule has 0 aliphatic heterocycles. The lowest BCUT2D eigenvalue weighted by molar-refractivity contribution is 0.269. The summed E-state index contributed by atoms with van der Waals surface area (Å²) in [4.78, 5) is 2.32. The molecule has 0 aliphatic carbocycles. The van der Waals surface area contributed by atoms with Crippen molar-refractivity contribution in [3.8, 4) is 11.5 Å². The third kappa shape index (κ3) is 6.37. The van der Waals surface area contributed by atoms with Gasteiger partial charge in [0.1, 0.15) is 6.61 Å². The molecule has 6 nitrogen and oxygen atoms in total. The number of nitrogens with one attached hydrogen (secondary N) is 1. The van der Waals surface area contributed by atoms with Gasteiger partial charge in [-0.2, -0.15) is 13.5 Å². The predicted molar refractivity (Wildman–Crippen MR) is 123 cm³/mol. The number of halogens is 2. The largest absolute Gasteiger partial charge is 0.490 e. The van der Waals surface area contributed by atoms with E-state index in [9.17, 15) is 8.42 Å². The molecule has 0 radical (unpaired) electrons. The maximum absolute atomic E-state index is 12.2. The fraction of sp³-hybridized carbons (Fsp3) is 0.136. The standard InChI is InChI=1S/C22H20Cl2N2O4S/c1-2-29-22-12-16(14-25-26-31(27,28)19-6-4-3-5-7-19)8-11-21(22)30-15-17-9-10-18(23)13-20(17)24/h3-14,26H,2,15H2,1H3/b25-14+. The number of nitrogens with zero attached hydrogens (tertiary/aromatic N) is 1. The zero-order valence-corrected chi connectivity index (χ0v) is 18.9. The minimum Gasteiger partial charge on any atom is -0.490 e. The highest BCUT2D eigenvalue weighted by atomic mass is 35.5. The van der Waals surface area contributed by atoms with E-state index in [1.54, 1.807) is 54.6 Å². The molecule has 0 spiro atoms. The lowest BCUT2D eigenvalue weighted by Crippen LogP contribution is -2.18. The summed E-state index contributed by atoms with van der Waals surface area (Å²) in [5, 5.41) is 4.91. The molecule has 0 heterocycles. The molecule has 31 heavy (non-hydrogen) atoms. The highest BCUT2D eigenvalue weighted by Gasteiger charge is 2.12. The quantitative estimate of drug-likeness (QED) is 0.335. The topological polar surface area (TPSA) is 77.0 Å². The summed E-state index contributed by atoms with van der Waals surface area (Å²) in [6, 6.07) is 18.4. The zero-order chi connectivity index (χ0) is 22.3. The third-order valence-electron chi connectivity index (χ3n) is 4.11. The molecule has 3 rings (SSSR count). The molecule has 9 heteroatoms. The van der Waals surface area contributed by atoms with Crippen LogP contribution in [0.3, 0.4) is 0 Å². The highest BCUT2D eigenvalue weighted by molar-refractivity contribution is 7.89. The first-order chi connectivity index (χ1) is 14.9. The minimum atomic E-state index is -3.73. The van der Waals surface area contributed by atoms with Gasteiger partial charge in [0, 0.05) is 15.6 Å². The van der Waals surface area contributed by atoms with Crippen LogP contribution in [0, 0.1) is 0 Å². The zero-order valence-electron chi connectivity index (χ0n) is 16.6. The van der Waals surface area contributed by atoms with Gasteiger partial charge in [0.2, 0.25) is 0 Å². The van der Waals surface area contributed by atoms with Crippen molar-refractivity contribution in [3.05, 3.63) is 87.9 Å². The Kier molecular flexibility index (Phi) is 7.79. The summed E-state index contributed by atoms with van der Waals surface area (Å²) in [5.74, 6) is 1.03. The SMILES string of the molecule is CCOc1cc(/C=N/NS(=O)(=O)c2ccccc2)ccc1OCc1ccc(Cl)cc1Cl. The maximum atomic E-state index is 12.2. The Bertz CT molecular complexity index is 1170. The minimum absolute atomic E-state index is 0.131. The van der Waals surface area contributed by atoms with E-state index >= 15 is 0 Å². The summed E-state index contributed by atoms with van der Waals surface area (Å²) >= 11 is 12.1. The summed E-state index contributed by atoms with van der Waals surface area (Å²) < 4.78 is 36.0. The van der Waals surface area contributed by atoms with Crippen LogP contribution in [0.15, 0.2) is 76.7 Å². The Morgan fingerprint density at radius 3 is 2.45 bits per heavy atom. The normalized spacial score (nSPS) is 11.5. The molecule has 0 bridgehead atoms. The van der Waals surface area contributed by atoms with Crippen LogP contribution in [0.25, 0.3) is 0 Å². The van der Waals surface area contributed by atoms with Crippen molar-refractivity contribution in [1.82, 2.24) is 4.83 Å². The fourth-order valence-corrected chi connectivity index (χ4v) is 3.88. The second kappa shape index (κ2) is 10.5. The van der Waals surface area contributed by atoms with E-state index in [1.807, 2.05) is 6.92 Å². The van der Waals surface area contributed by atoms with Crippen LogP contribution in [0.1, 0.15) is 18.1 Å². The highest BCUT2D eigenvalue weighted by Crippen LogP contribution is 2.30. The maximum Gasteiger partial charge on any atom is 0.276 e. The third-order valence-corrected chi connectivity index (χ3v) is 5.93. The molecule has 0 atom stereocenters. The Morgan fingerprint density at radius 2 is 1.74 bits per heavy atom. The van der Waals surface area contributed by atoms with Crippen LogP contribution in [-0.4, -0.2) is 21.2 Å². The van der Waals surface area contributed by atoms with Gasteiger partial charge < -0.3 is 9.47 Å².